The highest BCUT2D eigenvalue weighted by Gasteiger charge is 2.20. The first-order chi connectivity index (χ1) is 6.05. The van der Waals surface area contributed by atoms with Gasteiger partial charge in [0.1, 0.15) is 0 Å². The monoisotopic (exact) mass is 201 g/mol. The second kappa shape index (κ2) is 3.83. The molecule has 0 fully saturated rings. The van der Waals surface area contributed by atoms with Crippen LogP contribution in [0.4, 0.5) is 0 Å². The molecule has 1 heterocycles. The van der Waals surface area contributed by atoms with Crippen molar-refractivity contribution in [2.75, 3.05) is 5.88 Å². The topological polar surface area (TPSA) is 42.2 Å². The molecule has 4 heteroatoms. The van der Waals surface area contributed by atoms with Crippen LogP contribution in [0.5, 0.6) is 0 Å². The van der Waals surface area contributed by atoms with E-state index < -0.39 is 5.54 Å². The molecule has 0 aliphatic carbocycles. The summed E-state index contributed by atoms with van der Waals surface area (Å²) >= 11 is 5.65. The Morgan fingerprint density at radius 1 is 1.69 bits per heavy atom. The van der Waals surface area contributed by atoms with Crippen LogP contribution in [0, 0.1) is 0 Å². The molecule has 0 spiro atoms. The van der Waals surface area contributed by atoms with Gasteiger partial charge < -0.3 is 9.73 Å². The summed E-state index contributed by atoms with van der Waals surface area (Å²) in [5, 5.41) is 2.74. The number of hydrogen-bond donors (Lipinski definition) is 1. The number of halogens is 1. The Labute approximate surface area is 82.1 Å². The minimum absolute atomic E-state index is 0.240. The van der Waals surface area contributed by atoms with Crippen LogP contribution in [0.2, 0.25) is 0 Å². The van der Waals surface area contributed by atoms with Gasteiger partial charge in [-0.05, 0) is 26.0 Å². The van der Waals surface area contributed by atoms with Crippen LogP contribution >= 0.6 is 11.6 Å². The van der Waals surface area contributed by atoms with E-state index >= 15 is 0 Å². The molecule has 1 aromatic rings. The first-order valence-electron chi connectivity index (χ1n) is 3.97. The Balaban J connectivity index is 2.61. The van der Waals surface area contributed by atoms with E-state index in [0.29, 0.717) is 11.6 Å². The van der Waals surface area contributed by atoms with Crippen molar-refractivity contribution in [2.24, 2.45) is 0 Å². The van der Waals surface area contributed by atoms with Crippen molar-refractivity contribution in [2.45, 2.75) is 19.4 Å². The van der Waals surface area contributed by atoms with E-state index in [9.17, 15) is 4.79 Å². The number of nitrogens with one attached hydrogen (secondary N) is 1. The predicted octanol–water partition coefficient (Wildman–Crippen LogP) is 2.03. The number of alkyl halides is 1. The van der Waals surface area contributed by atoms with Gasteiger partial charge in [-0.3, -0.25) is 4.79 Å². The number of carbonyl (C=O) groups is 1. The Morgan fingerprint density at radius 2 is 2.38 bits per heavy atom. The molecule has 1 aromatic heterocycles. The van der Waals surface area contributed by atoms with Crippen LogP contribution < -0.4 is 5.32 Å². The third-order valence-electron chi connectivity index (χ3n) is 1.53. The lowest BCUT2D eigenvalue weighted by molar-refractivity contribution is 0.0892. The molecule has 0 unspecified atom stereocenters. The summed E-state index contributed by atoms with van der Waals surface area (Å²) in [5.74, 6) is 0.424. The maximum Gasteiger partial charge on any atom is 0.287 e. The summed E-state index contributed by atoms with van der Waals surface area (Å²) in [4.78, 5) is 11.4. The number of carbonyl (C=O) groups excluding carboxylic acids is 1. The lowest BCUT2D eigenvalue weighted by atomic mass is 10.1. The highest BCUT2D eigenvalue weighted by molar-refractivity contribution is 6.18. The fourth-order valence-corrected chi connectivity index (χ4v) is 0.877. The van der Waals surface area contributed by atoms with Crippen molar-refractivity contribution in [3.05, 3.63) is 24.2 Å². The van der Waals surface area contributed by atoms with Gasteiger partial charge in [0.15, 0.2) is 5.76 Å². The van der Waals surface area contributed by atoms with Gasteiger partial charge in [-0.2, -0.15) is 0 Å². The smallest absolute Gasteiger partial charge is 0.287 e. The molecule has 0 radical (unpaired) electrons. The number of amides is 1. The fraction of sp³-hybridized carbons (Fsp3) is 0.444. The average molecular weight is 202 g/mol. The third kappa shape index (κ3) is 2.77. The quantitative estimate of drug-likeness (QED) is 0.761. The predicted molar refractivity (Wildman–Crippen MR) is 51.0 cm³/mol. The normalized spacial score (nSPS) is 11.3. The van der Waals surface area contributed by atoms with Crippen molar-refractivity contribution in [3.63, 3.8) is 0 Å². The van der Waals surface area contributed by atoms with Gasteiger partial charge in [0.2, 0.25) is 0 Å². The molecule has 1 amide bonds. The van der Waals surface area contributed by atoms with E-state index in [1.807, 2.05) is 13.8 Å². The van der Waals surface area contributed by atoms with E-state index in [4.69, 9.17) is 16.0 Å². The van der Waals surface area contributed by atoms with Gasteiger partial charge in [0.25, 0.3) is 5.91 Å². The average Bonchev–Trinajstić information content (AvgIpc) is 2.55. The zero-order valence-electron chi connectivity index (χ0n) is 7.63. The molecule has 0 aliphatic heterocycles. The highest BCUT2D eigenvalue weighted by atomic mass is 35.5. The summed E-state index contributed by atoms with van der Waals surface area (Å²) in [6, 6.07) is 3.28. The van der Waals surface area contributed by atoms with Crippen molar-refractivity contribution in [3.8, 4) is 0 Å². The van der Waals surface area contributed by atoms with Crippen LogP contribution in [0.1, 0.15) is 24.4 Å². The lowest BCUT2D eigenvalue weighted by Crippen LogP contribution is -2.44. The van der Waals surface area contributed by atoms with Gasteiger partial charge in [-0.15, -0.1) is 11.6 Å². The van der Waals surface area contributed by atoms with Crippen LogP contribution in [0.25, 0.3) is 0 Å². The molecule has 0 aromatic carbocycles. The van der Waals surface area contributed by atoms with Crippen LogP contribution in [-0.2, 0) is 0 Å². The molecule has 0 saturated carbocycles. The minimum Gasteiger partial charge on any atom is -0.459 e. The van der Waals surface area contributed by atoms with Crippen LogP contribution in [0.15, 0.2) is 22.8 Å². The van der Waals surface area contributed by atoms with Gasteiger partial charge in [0.05, 0.1) is 6.26 Å². The molecule has 0 aliphatic rings. The molecule has 1 N–H and O–H groups in total. The molecule has 72 valence electrons. The standard InChI is InChI=1S/C9H12ClNO2/c1-9(2,6-10)11-8(12)7-4-3-5-13-7/h3-5H,6H2,1-2H3,(H,11,12). The molecule has 1 rings (SSSR count). The van der Waals surface area contributed by atoms with Crippen molar-refractivity contribution >= 4 is 17.5 Å². The zero-order chi connectivity index (χ0) is 9.90. The summed E-state index contributed by atoms with van der Waals surface area (Å²) in [7, 11) is 0. The maximum absolute atomic E-state index is 11.4. The molecule has 13 heavy (non-hydrogen) atoms. The first kappa shape index (κ1) is 10.1. The zero-order valence-corrected chi connectivity index (χ0v) is 8.39. The van der Waals surface area contributed by atoms with Crippen molar-refractivity contribution < 1.29 is 9.21 Å². The van der Waals surface area contributed by atoms with E-state index in [1.54, 1.807) is 12.1 Å². The Hall–Kier alpha value is -0.960. The Kier molecular flexibility index (Phi) is 2.98. The van der Waals surface area contributed by atoms with Gasteiger partial charge in [-0.1, -0.05) is 0 Å². The van der Waals surface area contributed by atoms with Crippen LogP contribution in [0.3, 0.4) is 0 Å². The molecular formula is C9H12ClNO2. The Morgan fingerprint density at radius 3 is 2.85 bits per heavy atom. The second-order valence-corrected chi connectivity index (χ2v) is 3.72. The second-order valence-electron chi connectivity index (χ2n) is 3.45. The van der Waals surface area contributed by atoms with Crippen molar-refractivity contribution in [1.29, 1.82) is 0 Å². The SMILES string of the molecule is CC(C)(CCl)NC(=O)c1ccco1. The van der Waals surface area contributed by atoms with E-state index in [0.717, 1.165) is 0 Å². The van der Waals surface area contributed by atoms with Gasteiger partial charge in [0, 0.05) is 11.4 Å². The molecular weight excluding hydrogens is 190 g/mol. The van der Waals surface area contributed by atoms with Gasteiger partial charge >= 0.3 is 0 Å². The number of furan rings is 1. The van der Waals surface area contributed by atoms with E-state index in [1.165, 1.54) is 6.26 Å². The highest BCUT2D eigenvalue weighted by Crippen LogP contribution is 2.07. The summed E-state index contributed by atoms with van der Waals surface area (Å²) in [6.07, 6.45) is 1.46. The third-order valence-corrected chi connectivity index (χ3v) is 2.20. The van der Waals surface area contributed by atoms with Crippen molar-refractivity contribution in [1.82, 2.24) is 5.32 Å². The van der Waals surface area contributed by atoms with Crippen LogP contribution in [-0.4, -0.2) is 17.3 Å². The van der Waals surface area contributed by atoms with Gasteiger partial charge in [-0.25, -0.2) is 0 Å². The summed E-state index contributed by atoms with van der Waals surface area (Å²) < 4.78 is 4.93. The fourth-order valence-electron chi connectivity index (χ4n) is 0.810. The number of hydrogen-bond acceptors (Lipinski definition) is 2. The summed E-state index contributed by atoms with van der Waals surface area (Å²) in [5.41, 5.74) is -0.411. The molecule has 0 saturated heterocycles. The minimum atomic E-state index is -0.411. The van der Waals surface area contributed by atoms with E-state index in [-0.39, 0.29) is 5.91 Å². The maximum atomic E-state index is 11.4. The number of rotatable bonds is 3. The first-order valence-corrected chi connectivity index (χ1v) is 4.50. The summed E-state index contributed by atoms with van der Waals surface area (Å²) in [6.45, 7) is 3.70. The molecule has 0 bridgehead atoms. The molecule has 3 nitrogen and oxygen atoms in total. The molecule has 0 atom stereocenters. The Bertz CT molecular complexity index is 280. The lowest BCUT2D eigenvalue weighted by Gasteiger charge is -2.22. The van der Waals surface area contributed by atoms with E-state index in [2.05, 4.69) is 5.32 Å². The largest absolute Gasteiger partial charge is 0.459 e.